The van der Waals surface area contributed by atoms with Gasteiger partial charge in [0.1, 0.15) is 5.82 Å². The molecule has 2 rings (SSSR count). The number of nitrogens with zero attached hydrogens (tertiary/aromatic N) is 2. The fraction of sp³-hybridized carbons (Fsp3) is 0.385. The summed E-state index contributed by atoms with van der Waals surface area (Å²) < 4.78 is 0. The normalized spacial score (nSPS) is 21.9. The van der Waals surface area contributed by atoms with Crippen LogP contribution in [0.25, 0.3) is 0 Å². The number of carbonyl (C=O) groups is 1. The van der Waals surface area contributed by atoms with Crippen molar-refractivity contribution < 1.29 is 4.79 Å². The lowest BCUT2D eigenvalue weighted by Gasteiger charge is -2.13. The zero-order valence-corrected chi connectivity index (χ0v) is 10.6. The lowest BCUT2D eigenvalue weighted by Crippen LogP contribution is -2.24. The van der Waals surface area contributed by atoms with Crippen LogP contribution < -0.4 is 16.0 Å². The average molecular weight is 246 g/mol. The number of rotatable bonds is 3. The molecule has 1 aromatic heterocycles. The molecule has 0 aliphatic heterocycles. The zero-order valence-electron chi connectivity index (χ0n) is 10.6. The number of hydrogen-bond acceptors (Lipinski definition) is 4. The summed E-state index contributed by atoms with van der Waals surface area (Å²) in [6.45, 7) is 0. The second kappa shape index (κ2) is 5.18. The molecule has 1 amide bonds. The van der Waals surface area contributed by atoms with Gasteiger partial charge in [-0.25, -0.2) is 4.98 Å². The Balaban J connectivity index is 1.97. The monoisotopic (exact) mass is 246 g/mol. The van der Waals surface area contributed by atoms with Crippen molar-refractivity contribution in [2.45, 2.75) is 12.5 Å². The molecule has 2 unspecified atom stereocenters. The lowest BCUT2D eigenvalue weighted by molar-refractivity contribution is -0.118. The molecule has 96 valence electrons. The summed E-state index contributed by atoms with van der Waals surface area (Å²) in [4.78, 5) is 18.1. The summed E-state index contributed by atoms with van der Waals surface area (Å²) in [7, 11) is 3.84. The summed E-state index contributed by atoms with van der Waals surface area (Å²) in [6, 6.07) is 3.71. The molecule has 0 spiro atoms. The molecule has 1 aliphatic rings. The van der Waals surface area contributed by atoms with E-state index in [1.807, 2.05) is 43.3 Å². The van der Waals surface area contributed by atoms with Crippen molar-refractivity contribution in [1.29, 1.82) is 0 Å². The highest BCUT2D eigenvalue weighted by Gasteiger charge is 2.22. The number of anilines is 2. The van der Waals surface area contributed by atoms with Gasteiger partial charge in [0.05, 0.1) is 17.8 Å². The number of pyridine rings is 1. The van der Waals surface area contributed by atoms with Gasteiger partial charge in [-0.15, -0.1) is 0 Å². The quantitative estimate of drug-likeness (QED) is 0.780. The number of nitrogens with one attached hydrogen (secondary N) is 1. The average Bonchev–Trinajstić information content (AvgIpc) is 2.76. The van der Waals surface area contributed by atoms with Crippen LogP contribution in [-0.2, 0) is 4.79 Å². The molecule has 3 N–H and O–H groups in total. The van der Waals surface area contributed by atoms with Crippen LogP contribution in [0.1, 0.15) is 6.42 Å². The van der Waals surface area contributed by atoms with Gasteiger partial charge in [-0.2, -0.15) is 0 Å². The minimum Gasteiger partial charge on any atom is -0.363 e. The number of carbonyl (C=O) groups excluding carboxylic acids is 1. The van der Waals surface area contributed by atoms with Gasteiger partial charge in [0.15, 0.2) is 0 Å². The van der Waals surface area contributed by atoms with Crippen LogP contribution in [-0.4, -0.2) is 31.0 Å². The minimum absolute atomic E-state index is 0.00464. The van der Waals surface area contributed by atoms with Gasteiger partial charge in [0, 0.05) is 20.1 Å². The van der Waals surface area contributed by atoms with Crippen molar-refractivity contribution >= 4 is 17.4 Å². The Morgan fingerprint density at radius 2 is 2.22 bits per heavy atom. The number of amides is 1. The molecule has 0 fully saturated rings. The maximum Gasteiger partial charge on any atom is 0.231 e. The van der Waals surface area contributed by atoms with E-state index < -0.39 is 0 Å². The lowest BCUT2D eigenvalue weighted by atomic mass is 10.1. The largest absolute Gasteiger partial charge is 0.363 e. The topological polar surface area (TPSA) is 71.2 Å². The standard InChI is InChI=1S/C13H18N4O/c1-17(2)12-6-5-11(8-15-12)16-13(18)9-3-4-10(14)7-9/h3-6,8-10H,7,14H2,1-2H3,(H,16,18). The smallest absolute Gasteiger partial charge is 0.231 e. The Labute approximate surface area is 107 Å². The van der Waals surface area contributed by atoms with Crippen LogP contribution in [0.5, 0.6) is 0 Å². The summed E-state index contributed by atoms with van der Waals surface area (Å²) in [5.41, 5.74) is 6.43. The van der Waals surface area contributed by atoms with Crippen LogP contribution >= 0.6 is 0 Å². The third-order valence-corrected chi connectivity index (χ3v) is 2.93. The molecular formula is C13H18N4O. The van der Waals surface area contributed by atoms with Gasteiger partial charge >= 0.3 is 0 Å². The van der Waals surface area contributed by atoms with Gasteiger partial charge in [-0.05, 0) is 18.6 Å². The van der Waals surface area contributed by atoms with E-state index in [9.17, 15) is 4.79 Å². The van der Waals surface area contributed by atoms with Gasteiger partial charge < -0.3 is 16.0 Å². The Morgan fingerprint density at radius 3 is 2.72 bits per heavy atom. The van der Waals surface area contributed by atoms with Crippen LogP contribution in [0.3, 0.4) is 0 Å². The van der Waals surface area contributed by atoms with Gasteiger partial charge in [0.2, 0.25) is 5.91 Å². The van der Waals surface area contributed by atoms with E-state index in [0.717, 1.165) is 5.82 Å². The first-order chi connectivity index (χ1) is 8.56. The van der Waals surface area contributed by atoms with Crippen LogP contribution in [0.2, 0.25) is 0 Å². The molecule has 2 atom stereocenters. The molecule has 5 nitrogen and oxygen atoms in total. The van der Waals surface area contributed by atoms with Crippen molar-refractivity contribution in [3.05, 3.63) is 30.5 Å². The molecular weight excluding hydrogens is 228 g/mol. The fourth-order valence-electron chi connectivity index (χ4n) is 1.88. The van der Waals surface area contributed by atoms with Crippen molar-refractivity contribution in [3.63, 3.8) is 0 Å². The van der Waals surface area contributed by atoms with E-state index in [1.54, 1.807) is 6.20 Å². The third-order valence-electron chi connectivity index (χ3n) is 2.93. The summed E-state index contributed by atoms with van der Waals surface area (Å²) in [5, 5.41) is 2.84. The molecule has 0 aromatic carbocycles. The highest BCUT2D eigenvalue weighted by molar-refractivity contribution is 5.94. The summed E-state index contributed by atoms with van der Waals surface area (Å²) >= 11 is 0. The molecule has 1 aliphatic carbocycles. The predicted molar refractivity (Wildman–Crippen MR) is 72.4 cm³/mol. The molecule has 1 heterocycles. The van der Waals surface area contributed by atoms with Crippen LogP contribution in [0, 0.1) is 5.92 Å². The maximum absolute atomic E-state index is 11.9. The minimum atomic E-state index is -0.131. The summed E-state index contributed by atoms with van der Waals surface area (Å²) in [5.74, 6) is 0.697. The molecule has 1 aromatic rings. The first-order valence-corrected chi connectivity index (χ1v) is 5.94. The Hall–Kier alpha value is -1.88. The second-order valence-corrected chi connectivity index (χ2v) is 4.68. The predicted octanol–water partition coefficient (Wildman–Crippen LogP) is 0.989. The first-order valence-electron chi connectivity index (χ1n) is 5.94. The van der Waals surface area contributed by atoms with Crippen LogP contribution in [0.4, 0.5) is 11.5 Å². The van der Waals surface area contributed by atoms with Crippen molar-refractivity contribution in [1.82, 2.24) is 4.98 Å². The fourth-order valence-corrected chi connectivity index (χ4v) is 1.88. The molecule has 0 saturated heterocycles. The molecule has 5 heteroatoms. The summed E-state index contributed by atoms with van der Waals surface area (Å²) in [6.07, 6.45) is 6.07. The number of aromatic nitrogens is 1. The second-order valence-electron chi connectivity index (χ2n) is 4.68. The first kappa shape index (κ1) is 12.6. The Bertz CT molecular complexity index is 453. The molecule has 0 saturated carbocycles. The van der Waals surface area contributed by atoms with E-state index in [2.05, 4.69) is 10.3 Å². The van der Waals surface area contributed by atoms with Gasteiger partial charge in [-0.3, -0.25) is 4.79 Å². The highest BCUT2D eigenvalue weighted by atomic mass is 16.1. The van der Waals surface area contributed by atoms with Crippen molar-refractivity contribution in [2.75, 3.05) is 24.3 Å². The van der Waals surface area contributed by atoms with E-state index >= 15 is 0 Å². The molecule has 0 bridgehead atoms. The number of hydrogen-bond donors (Lipinski definition) is 2. The SMILES string of the molecule is CN(C)c1ccc(NC(=O)C2C=CC(N)C2)cn1. The molecule has 18 heavy (non-hydrogen) atoms. The van der Waals surface area contributed by atoms with Gasteiger partial charge in [-0.1, -0.05) is 12.2 Å². The van der Waals surface area contributed by atoms with E-state index in [-0.39, 0.29) is 17.9 Å². The molecule has 0 radical (unpaired) electrons. The zero-order chi connectivity index (χ0) is 13.1. The van der Waals surface area contributed by atoms with E-state index in [1.165, 1.54) is 0 Å². The third kappa shape index (κ3) is 2.87. The van der Waals surface area contributed by atoms with E-state index in [0.29, 0.717) is 12.1 Å². The van der Waals surface area contributed by atoms with Crippen molar-refractivity contribution in [3.8, 4) is 0 Å². The van der Waals surface area contributed by atoms with E-state index in [4.69, 9.17) is 5.73 Å². The highest BCUT2D eigenvalue weighted by Crippen LogP contribution is 2.19. The van der Waals surface area contributed by atoms with Crippen molar-refractivity contribution in [2.24, 2.45) is 11.7 Å². The Morgan fingerprint density at radius 1 is 1.44 bits per heavy atom. The van der Waals surface area contributed by atoms with Gasteiger partial charge in [0.25, 0.3) is 0 Å². The maximum atomic E-state index is 11.9. The Kier molecular flexibility index (Phi) is 3.62. The van der Waals surface area contributed by atoms with Crippen LogP contribution in [0.15, 0.2) is 30.5 Å². The number of nitrogens with two attached hydrogens (primary N) is 1.